The standard InChI is InChI=1S/C24H27ClF3N3O5/c1-2-10-31(17-5-11-34-12-6-17)22(32)19-14-18(35-13-9-30-16-3-7-29-8-4-16)15-20(25)21(19)36-23(33)24(26,27)28/h3-4,7-8,14-15,17H,2,5-6,9-13H2,1H3,(H,29,30). The molecule has 2 aromatic rings. The number of carbonyl (C=O) groups is 2. The van der Waals surface area contributed by atoms with Gasteiger partial charge in [-0.05, 0) is 37.5 Å². The van der Waals surface area contributed by atoms with Gasteiger partial charge >= 0.3 is 12.1 Å². The fourth-order valence-electron chi connectivity index (χ4n) is 3.74. The minimum absolute atomic E-state index is 0.148. The molecule has 1 amide bonds. The Morgan fingerprint density at radius 3 is 2.56 bits per heavy atom. The zero-order chi connectivity index (χ0) is 26.1. The predicted molar refractivity (Wildman–Crippen MR) is 127 cm³/mol. The maximum atomic E-state index is 13.6. The van der Waals surface area contributed by atoms with Gasteiger partial charge in [-0.15, -0.1) is 0 Å². The van der Waals surface area contributed by atoms with Gasteiger partial charge in [-0.25, -0.2) is 4.79 Å². The largest absolute Gasteiger partial charge is 0.492 e. The second kappa shape index (κ2) is 12.8. The second-order valence-corrected chi connectivity index (χ2v) is 8.43. The summed E-state index contributed by atoms with van der Waals surface area (Å²) in [6.45, 7) is 3.71. The van der Waals surface area contributed by atoms with Gasteiger partial charge in [0.15, 0.2) is 5.75 Å². The van der Waals surface area contributed by atoms with E-state index in [0.29, 0.717) is 45.6 Å². The van der Waals surface area contributed by atoms with Crippen molar-refractivity contribution < 1.29 is 37.0 Å². The van der Waals surface area contributed by atoms with Gasteiger partial charge < -0.3 is 24.4 Å². The lowest BCUT2D eigenvalue weighted by atomic mass is 10.0. The summed E-state index contributed by atoms with van der Waals surface area (Å²) in [7, 11) is 0. The fourth-order valence-corrected chi connectivity index (χ4v) is 3.99. The highest BCUT2D eigenvalue weighted by molar-refractivity contribution is 6.33. The maximum absolute atomic E-state index is 13.6. The van der Waals surface area contributed by atoms with E-state index in [4.69, 9.17) is 21.1 Å². The summed E-state index contributed by atoms with van der Waals surface area (Å²) in [5, 5.41) is 2.77. The number of hydrogen-bond donors (Lipinski definition) is 1. The van der Waals surface area contributed by atoms with Crippen LogP contribution in [0.25, 0.3) is 0 Å². The van der Waals surface area contributed by atoms with Gasteiger partial charge in [-0.3, -0.25) is 9.78 Å². The molecule has 12 heteroatoms. The number of pyridine rings is 1. The molecule has 1 aliphatic rings. The van der Waals surface area contributed by atoms with Crippen LogP contribution in [0.5, 0.6) is 11.5 Å². The van der Waals surface area contributed by atoms with Crippen molar-refractivity contribution >= 4 is 29.2 Å². The van der Waals surface area contributed by atoms with E-state index in [2.05, 4.69) is 15.0 Å². The zero-order valence-corrected chi connectivity index (χ0v) is 20.4. The van der Waals surface area contributed by atoms with Crippen molar-refractivity contribution in [2.75, 3.05) is 38.2 Å². The van der Waals surface area contributed by atoms with E-state index in [0.717, 1.165) is 5.69 Å². The van der Waals surface area contributed by atoms with Gasteiger partial charge in [0.25, 0.3) is 5.91 Å². The van der Waals surface area contributed by atoms with E-state index < -0.39 is 23.8 Å². The van der Waals surface area contributed by atoms with Crippen molar-refractivity contribution in [3.05, 3.63) is 47.2 Å². The summed E-state index contributed by atoms with van der Waals surface area (Å²) in [5.74, 6) is -3.58. The first-order valence-corrected chi connectivity index (χ1v) is 11.9. The molecule has 0 atom stereocenters. The maximum Gasteiger partial charge on any atom is 0.491 e. The van der Waals surface area contributed by atoms with E-state index in [-0.39, 0.29) is 29.0 Å². The van der Waals surface area contributed by atoms with Gasteiger partial charge in [0, 0.05) is 56.5 Å². The predicted octanol–water partition coefficient (Wildman–Crippen LogP) is 4.72. The molecule has 0 bridgehead atoms. The molecule has 0 saturated carbocycles. The molecule has 8 nitrogen and oxygen atoms in total. The Morgan fingerprint density at radius 1 is 1.22 bits per heavy atom. The molecule has 1 aliphatic heterocycles. The highest BCUT2D eigenvalue weighted by atomic mass is 35.5. The third-order valence-electron chi connectivity index (χ3n) is 5.41. The highest BCUT2D eigenvalue weighted by Gasteiger charge is 2.42. The number of nitrogens with zero attached hydrogens (tertiary/aromatic N) is 2. The number of alkyl halides is 3. The van der Waals surface area contributed by atoms with E-state index in [1.807, 2.05) is 6.92 Å². The average molecular weight is 530 g/mol. The molecule has 3 rings (SSSR count). The summed E-state index contributed by atoms with van der Waals surface area (Å²) in [5.41, 5.74) is 0.542. The van der Waals surface area contributed by atoms with Crippen LogP contribution in [-0.4, -0.2) is 66.9 Å². The molecule has 1 N–H and O–H groups in total. The summed E-state index contributed by atoms with van der Waals surface area (Å²) in [4.78, 5) is 30.7. The number of amides is 1. The number of esters is 1. The summed E-state index contributed by atoms with van der Waals surface area (Å²) < 4.78 is 54.4. The van der Waals surface area contributed by atoms with Crippen LogP contribution in [-0.2, 0) is 9.53 Å². The fraction of sp³-hybridized carbons (Fsp3) is 0.458. The number of halogens is 4. The molecular formula is C24H27ClF3N3O5. The summed E-state index contributed by atoms with van der Waals surface area (Å²) in [6, 6.07) is 5.83. The lowest BCUT2D eigenvalue weighted by Gasteiger charge is -2.34. The minimum Gasteiger partial charge on any atom is -0.492 e. The van der Waals surface area contributed by atoms with Crippen LogP contribution in [0.2, 0.25) is 5.02 Å². The monoisotopic (exact) mass is 529 g/mol. The summed E-state index contributed by atoms with van der Waals surface area (Å²) in [6.07, 6.45) is -0.237. The Hall–Kier alpha value is -3.05. The smallest absolute Gasteiger partial charge is 0.491 e. The van der Waals surface area contributed by atoms with E-state index in [1.165, 1.54) is 12.1 Å². The third-order valence-corrected chi connectivity index (χ3v) is 5.69. The molecule has 1 saturated heterocycles. The molecule has 0 spiro atoms. The molecule has 1 aromatic carbocycles. The molecular weight excluding hydrogens is 503 g/mol. The van der Waals surface area contributed by atoms with Crippen LogP contribution < -0.4 is 14.8 Å². The number of anilines is 1. The van der Waals surface area contributed by atoms with Crippen molar-refractivity contribution in [3.63, 3.8) is 0 Å². The lowest BCUT2D eigenvalue weighted by molar-refractivity contribution is -0.189. The Labute approximate surface area is 211 Å². The van der Waals surface area contributed by atoms with Crippen LogP contribution >= 0.6 is 11.6 Å². The minimum atomic E-state index is -5.26. The second-order valence-electron chi connectivity index (χ2n) is 8.02. The van der Waals surface area contributed by atoms with E-state index >= 15 is 0 Å². The first kappa shape index (κ1) is 27.5. The van der Waals surface area contributed by atoms with Gasteiger partial charge in [0.2, 0.25) is 0 Å². The number of hydrogen-bond acceptors (Lipinski definition) is 7. The summed E-state index contributed by atoms with van der Waals surface area (Å²) >= 11 is 6.21. The van der Waals surface area contributed by atoms with Crippen molar-refractivity contribution in [3.8, 4) is 11.5 Å². The topological polar surface area (TPSA) is 90.0 Å². The van der Waals surface area contributed by atoms with Crippen LogP contribution in [0.1, 0.15) is 36.5 Å². The van der Waals surface area contributed by atoms with Crippen molar-refractivity contribution in [2.24, 2.45) is 0 Å². The molecule has 0 aliphatic carbocycles. The first-order valence-electron chi connectivity index (χ1n) is 11.5. The first-order chi connectivity index (χ1) is 17.2. The molecule has 1 fully saturated rings. The molecule has 2 heterocycles. The van der Waals surface area contributed by atoms with Crippen molar-refractivity contribution in [2.45, 2.75) is 38.4 Å². The Bertz CT molecular complexity index is 1030. The number of aromatic nitrogens is 1. The average Bonchev–Trinajstić information content (AvgIpc) is 2.86. The van der Waals surface area contributed by atoms with Gasteiger partial charge in [0.05, 0.1) is 10.6 Å². The number of benzene rings is 1. The lowest BCUT2D eigenvalue weighted by Crippen LogP contribution is -2.44. The number of nitrogens with one attached hydrogen (secondary N) is 1. The van der Waals surface area contributed by atoms with Crippen molar-refractivity contribution in [1.29, 1.82) is 0 Å². The third kappa shape index (κ3) is 7.47. The van der Waals surface area contributed by atoms with E-state index in [9.17, 15) is 22.8 Å². The Morgan fingerprint density at radius 2 is 1.92 bits per heavy atom. The Kier molecular flexibility index (Phi) is 9.77. The van der Waals surface area contributed by atoms with Gasteiger partial charge in [-0.2, -0.15) is 13.2 Å². The normalized spacial score (nSPS) is 14.2. The quantitative estimate of drug-likeness (QED) is 0.270. The van der Waals surface area contributed by atoms with Gasteiger partial charge in [-0.1, -0.05) is 18.5 Å². The molecule has 0 radical (unpaired) electrons. The highest BCUT2D eigenvalue weighted by Crippen LogP contribution is 2.36. The zero-order valence-electron chi connectivity index (χ0n) is 19.6. The van der Waals surface area contributed by atoms with Crippen molar-refractivity contribution in [1.82, 2.24) is 9.88 Å². The van der Waals surface area contributed by atoms with Crippen LogP contribution in [0.3, 0.4) is 0 Å². The van der Waals surface area contributed by atoms with Crippen LogP contribution in [0.15, 0.2) is 36.7 Å². The SMILES string of the molecule is CCCN(C(=O)c1cc(OCCNc2ccncc2)cc(Cl)c1OC(=O)C(F)(F)F)C1CCOCC1. The van der Waals surface area contributed by atoms with Gasteiger partial charge in [0.1, 0.15) is 12.4 Å². The Balaban J connectivity index is 1.86. The molecule has 36 heavy (non-hydrogen) atoms. The molecule has 1 aromatic heterocycles. The number of rotatable bonds is 10. The van der Waals surface area contributed by atoms with Crippen LogP contribution in [0.4, 0.5) is 18.9 Å². The molecule has 0 unspecified atom stereocenters. The van der Waals surface area contributed by atoms with E-state index in [1.54, 1.807) is 29.4 Å². The number of carbonyl (C=O) groups excluding carboxylic acids is 2. The number of ether oxygens (including phenoxy) is 3. The van der Waals surface area contributed by atoms with Crippen LogP contribution in [0, 0.1) is 0 Å². The molecule has 196 valence electrons.